The number of carbonyl (C=O) groups excluding carboxylic acids is 3. The third-order valence-corrected chi connectivity index (χ3v) is 6.84. The van der Waals surface area contributed by atoms with Crippen LogP contribution in [0.4, 0.5) is 10.1 Å². The molecule has 3 amide bonds. The molecule has 1 saturated carbocycles. The lowest BCUT2D eigenvalue weighted by atomic mass is 9.81. The summed E-state index contributed by atoms with van der Waals surface area (Å²) in [6.45, 7) is 0. The number of hydrogen-bond donors (Lipinski definition) is 1. The van der Waals surface area contributed by atoms with Gasteiger partial charge in [0.05, 0.1) is 17.5 Å². The van der Waals surface area contributed by atoms with Crippen LogP contribution in [-0.4, -0.2) is 45.2 Å². The number of imide groups is 1. The molecule has 2 fully saturated rings. The molecule has 3 atom stereocenters. The van der Waals surface area contributed by atoms with Gasteiger partial charge < -0.3 is 9.88 Å². The first-order valence-electron chi connectivity index (χ1n) is 10.6. The van der Waals surface area contributed by atoms with Gasteiger partial charge in [0.2, 0.25) is 17.7 Å². The first kappa shape index (κ1) is 21.6. The summed E-state index contributed by atoms with van der Waals surface area (Å²) in [6.07, 6.45) is 9.12. The number of aromatic nitrogens is 1. The Balaban J connectivity index is 1.59. The lowest BCUT2D eigenvalue weighted by Crippen LogP contribution is -2.48. The van der Waals surface area contributed by atoms with Crippen LogP contribution in [0.5, 0.6) is 0 Å². The normalized spacial score (nSPS) is 21.8. The number of anilines is 1. The zero-order chi connectivity index (χ0) is 22.0. The fourth-order valence-corrected chi connectivity index (χ4v) is 5.05. The minimum absolute atomic E-state index is 0.0295. The van der Waals surface area contributed by atoms with E-state index in [9.17, 15) is 18.8 Å². The maximum Gasteiger partial charge on any atom is 0.247 e. The van der Waals surface area contributed by atoms with Crippen LogP contribution in [0, 0.1) is 17.7 Å². The molecule has 1 aromatic heterocycles. The highest BCUT2D eigenvalue weighted by Crippen LogP contribution is 2.39. The number of nitrogens with zero attached hydrogens (tertiary/aromatic N) is 2. The van der Waals surface area contributed by atoms with Gasteiger partial charge in [-0.15, -0.1) is 0 Å². The van der Waals surface area contributed by atoms with Crippen LogP contribution >= 0.6 is 11.8 Å². The van der Waals surface area contributed by atoms with E-state index in [1.807, 2.05) is 30.8 Å². The van der Waals surface area contributed by atoms with Crippen molar-refractivity contribution in [1.82, 2.24) is 9.47 Å². The molecule has 0 spiro atoms. The van der Waals surface area contributed by atoms with Crippen LogP contribution in [0.1, 0.15) is 32.1 Å². The Morgan fingerprint density at radius 3 is 2.42 bits per heavy atom. The van der Waals surface area contributed by atoms with Crippen molar-refractivity contribution in [2.75, 3.05) is 17.3 Å². The van der Waals surface area contributed by atoms with E-state index < -0.39 is 17.8 Å². The van der Waals surface area contributed by atoms with Crippen molar-refractivity contribution >= 4 is 35.2 Å². The van der Waals surface area contributed by atoms with Gasteiger partial charge in [-0.1, -0.05) is 12.8 Å². The number of nitrogens with one attached hydrogen (secondary N) is 1. The van der Waals surface area contributed by atoms with Crippen molar-refractivity contribution in [3.63, 3.8) is 0 Å². The van der Waals surface area contributed by atoms with Gasteiger partial charge in [-0.05, 0) is 61.6 Å². The number of thioether (sulfide) groups is 1. The van der Waals surface area contributed by atoms with E-state index in [1.54, 1.807) is 16.7 Å². The molecule has 2 aliphatic rings. The molecule has 6 nitrogen and oxygen atoms in total. The highest BCUT2D eigenvalue weighted by Gasteiger charge is 2.51. The highest BCUT2D eigenvalue weighted by molar-refractivity contribution is 7.98. The van der Waals surface area contributed by atoms with Gasteiger partial charge in [-0.3, -0.25) is 19.3 Å². The summed E-state index contributed by atoms with van der Waals surface area (Å²) in [6, 6.07) is 7.23. The predicted molar refractivity (Wildman–Crippen MR) is 118 cm³/mol. The van der Waals surface area contributed by atoms with E-state index in [0.29, 0.717) is 30.7 Å². The van der Waals surface area contributed by atoms with E-state index in [1.165, 1.54) is 22.7 Å². The average Bonchev–Trinajstić information content (AvgIpc) is 3.39. The fraction of sp³-hybridized carbons (Fsp3) is 0.435. The molecular formula is C23H26FN3O3S. The second-order valence-corrected chi connectivity index (χ2v) is 9.07. The van der Waals surface area contributed by atoms with Crippen LogP contribution in [0.3, 0.4) is 0 Å². The Labute approximate surface area is 185 Å². The van der Waals surface area contributed by atoms with Crippen molar-refractivity contribution < 1.29 is 18.8 Å². The van der Waals surface area contributed by atoms with Crippen molar-refractivity contribution in [3.8, 4) is 5.69 Å². The molecule has 1 aromatic carbocycles. The van der Waals surface area contributed by atoms with Gasteiger partial charge >= 0.3 is 0 Å². The van der Waals surface area contributed by atoms with Crippen molar-refractivity contribution in [2.24, 2.45) is 11.8 Å². The molecule has 164 valence electrons. The van der Waals surface area contributed by atoms with Gasteiger partial charge in [0.1, 0.15) is 11.9 Å². The molecule has 1 N–H and O–H groups in total. The van der Waals surface area contributed by atoms with Crippen LogP contribution in [0.25, 0.3) is 5.69 Å². The molecule has 0 bridgehead atoms. The van der Waals surface area contributed by atoms with E-state index in [-0.39, 0.29) is 29.3 Å². The minimum Gasteiger partial charge on any atom is -0.324 e. The van der Waals surface area contributed by atoms with Gasteiger partial charge in [-0.25, -0.2) is 4.39 Å². The van der Waals surface area contributed by atoms with Crippen molar-refractivity contribution in [3.05, 3.63) is 48.5 Å². The van der Waals surface area contributed by atoms with Gasteiger partial charge in [0, 0.05) is 18.1 Å². The van der Waals surface area contributed by atoms with E-state index in [4.69, 9.17) is 0 Å². The summed E-state index contributed by atoms with van der Waals surface area (Å²) in [5.74, 6) is -1.64. The Morgan fingerprint density at radius 2 is 1.81 bits per heavy atom. The first-order chi connectivity index (χ1) is 15.0. The smallest absolute Gasteiger partial charge is 0.247 e. The Kier molecular flexibility index (Phi) is 6.46. The van der Waals surface area contributed by atoms with Gasteiger partial charge in [-0.2, -0.15) is 11.8 Å². The number of carbonyl (C=O) groups is 3. The Bertz CT molecular complexity index is 954. The summed E-state index contributed by atoms with van der Waals surface area (Å²) in [5.41, 5.74) is 0.726. The molecule has 2 heterocycles. The summed E-state index contributed by atoms with van der Waals surface area (Å²) in [4.78, 5) is 40.4. The number of benzene rings is 1. The number of likely N-dealkylation sites (tertiary alicyclic amines) is 1. The van der Waals surface area contributed by atoms with E-state index in [0.717, 1.165) is 12.8 Å². The minimum atomic E-state index is -0.937. The summed E-state index contributed by atoms with van der Waals surface area (Å²) >= 11 is 1.54. The van der Waals surface area contributed by atoms with E-state index in [2.05, 4.69) is 5.32 Å². The first-order valence-corrected chi connectivity index (χ1v) is 12.0. The van der Waals surface area contributed by atoms with E-state index >= 15 is 0 Å². The zero-order valence-electron chi connectivity index (χ0n) is 17.4. The molecule has 1 saturated heterocycles. The molecule has 3 unspecified atom stereocenters. The summed E-state index contributed by atoms with van der Waals surface area (Å²) < 4.78 is 16.3. The number of rotatable bonds is 7. The number of halogens is 1. The summed E-state index contributed by atoms with van der Waals surface area (Å²) in [7, 11) is 0. The molecular weight excluding hydrogens is 417 g/mol. The molecule has 0 radical (unpaired) electrons. The Hall–Kier alpha value is -2.61. The number of amides is 3. The average molecular weight is 444 g/mol. The highest BCUT2D eigenvalue weighted by atomic mass is 32.2. The third-order valence-electron chi connectivity index (χ3n) is 6.20. The van der Waals surface area contributed by atoms with Gasteiger partial charge in [0.15, 0.2) is 0 Å². The predicted octanol–water partition coefficient (Wildman–Crippen LogP) is 3.85. The Morgan fingerprint density at radius 1 is 1.16 bits per heavy atom. The summed E-state index contributed by atoms with van der Waals surface area (Å²) in [5, 5.41) is 2.64. The zero-order valence-corrected chi connectivity index (χ0v) is 18.2. The van der Waals surface area contributed by atoms with Crippen LogP contribution in [0.2, 0.25) is 0 Å². The molecule has 1 aliphatic carbocycles. The lowest BCUT2D eigenvalue weighted by molar-refractivity contribution is -0.146. The van der Waals surface area contributed by atoms with Gasteiger partial charge in [0.25, 0.3) is 0 Å². The molecule has 1 aliphatic heterocycles. The van der Waals surface area contributed by atoms with Crippen LogP contribution < -0.4 is 5.32 Å². The maximum absolute atomic E-state index is 14.5. The monoisotopic (exact) mass is 443 g/mol. The largest absolute Gasteiger partial charge is 0.324 e. The molecule has 31 heavy (non-hydrogen) atoms. The SMILES string of the molecule is CSCCC(C(=O)Nc1cc(-n2cccc2)ccc1F)N1C(=O)C2CCCCC2C1=O. The fourth-order valence-electron chi connectivity index (χ4n) is 4.59. The quantitative estimate of drug-likeness (QED) is 0.660. The second-order valence-electron chi connectivity index (χ2n) is 8.08. The number of fused-ring (bicyclic) bond motifs is 1. The standard InChI is InChI=1S/C23H26FN3O3S/c1-31-13-10-20(27-22(29)16-6-2-3-7-17(16)23(27)30)21(28)25-19-14-15(8-9-18(19)24)26-11-4-5-12-26/h4-5,8-9,11-12,14,16-17,20H,2-3,6-7,10,13H2,1H3,(H,25,28). The molecule has 4 rings (SSSR count). The third kappa shape index (κ3) is 4.26. The molecule has 8 heteroatoms. The lowest BCUT2D eigenvalue weighted by Gasteiger charge is -2.26. The van der Waals surface area contributed by atoms with Crippen molar-refractivity contribution in [2.45, 2.75) is 38.1 Å². The van der Waals surface area contributed by atoms with Crippen LogP contribution in [-0.2, 0) is 14.4 Å². The number of hydrogen-bond acceptors (Lipinski definition) is 4. The second kappa shape index (κ2) is 9.26. The molecule has 2 aromatic rings. The maximum atomic E-state index is 14.5. The van der Waals surface area contributed by atoms with Crippen molar-refractivity contribution in [1.29, 1.82) is 0 Å². The van der Waals surface area contributed by atoms with Crippen LogP contribution in [0.15, 0.2) is 42.7 Å². The topological polar surface area (TPSA) is 71.4 Å².